The average molecular weight is 259 g/mol. The molecule has 82 valence electrons. The molecular weight excluding hydrogens is 246 g/mol. The summed E-state index contributed by atoms with van der Waals surface area (Å²) in [5.74, 6) is 2.48. The summed E-state index contributed by atoms with van der Waals surface area (Å²) in [6.45, 7) is 2.16. The number of hydrogen-bond acceptors (Lipinski definition) is 5. The van der Waals surface area contributed by atoms with Crippen molar-refractivity contribution < 1.29 is 4.79 Å². The molecule has 0 aliphatic carbocycles. The van der Waals surface area contributed by atoms with E-state index >= 15 is 0 Å². The molecule has 1 saturated heterocycles. The second kappa shape index (κ2) is 5.37. The molecule has 5 heteroatoms. The van der Waals surface area contributed by atoms with E-state index in [0.717, 1.165) is 12.2 Å². The summed E-state index contributed by atoms with van der Waals surface area (Å²) in [7, 11) is 0. The Labute approximate surface area is 102 Å². The van der Waals surface area contributed by atoms with Gasteiger partial charge in [-0.2, -0.15) is 11.8 Å². The van der Waals surface area contributed by atoms with Gasteiger partial charge in [-0.05, 0) is 6.42 Å². The SMILES string of the molecule is CCC1SCCSC1C(=O)c1cscn1. The van der Waals surface area contributed by atoms with Gasteiger partial charge in [0.2, 0.25) is 0 Å². The molecule has 2 atom stereocenters. The van der Waals surface area contributed by atoms with Gasteiger partial charge in [0, 0.05) is 22.1 Å². The van der Waals surface area contributed by atoms with Gasteiger partial charge in [0.05, 0.1) is 10.8 Å². The quantitative estimate of drug-likeness (QED) is 0.781. The fourth-order valence-corrected chi connectivity index (χ4v) is 5.18. The first-order valence-electron chi connectivity index (χ1n) is 4.98. The maximum Gasteiger partial charge on any atom is 0.196 e. The fourth-order valence-electron chi connectivity index (χ4n) is 1.63. The molecule has 1 aliphatic rings. The maximum atomic E-state index is 12.1. The van der Waals surface area contributed by atoms with Crippen LogP contribution in [0.5, 0.6) is 0 Å². The Morgan fingerprint density at radius 3 is 3.00 bits per heavy atom. The van der Waals surface area contributed by atoms with Crippen LogP contribution >= 0.6 is 34.9 Å². The molecule has 0 saturated carbocycles. The first-order chi connectivity index (χ1) is 7.33. The summed E-state index contributed by atoms with van der Waals surface area (Å²) in [6, 6.07) is 0. The highest BCUT2D eigenvalue weighted by Gasteiger charge is 2.32. The maximum absolute atomic E-state index is 12.1. The molecule has 0 amide bonds. The van der Waals surface area contributed by atoms with Crippen LogP contribution in [0.25, 0.3) is 0 Å². The van der Waals surface area contributed by atoms with Crippen molar-refractivity contribution in [1.82, 2.24) is 4.98 Å². The zero-order chi connectivity index (χ0) is 10.7. The number of aromatic nitrogens is 1. The normalized spacial score (nSPS) is 26.5. The smallest absolute Gasteiger partial charge is 0.196 e. The molecule has 15 heavy (non-hydrogen) atoms. The van der Waals surface area contributed by atoms with E-state index in [1.165, 1.54) is 17.1 Å². The second-order valence-electron chi connectivity index (χ2n) is 3.35. The summed E-state index contributed by atoms with van der Waals surface area (Å²) >= 11 is 5.22. The third-order valence-electron chi connectivity index (χ3n) is 2.40. The van der Waals surface area contributed by atoms with Crippen LogP contribution in [0.4, 0.5) is 0 Å². The van der Waals surface area contributed by atoms with Crippen LogP contribution in [-0.4, -0.2) is 32.8 Å². The van der Waals surface area contributed by atoms with Crippen molar-refractivity contribution in [2.24, 2.45) is 0 Å². The van der Waals surface area contributed by atoms with Crippen LogP contribution < -0.4 is 0 Å². The van der Waals surface area contributed by atoms with Crippen molar-refractivity contribution in [3.8, 4) is 0 Å². The molecule has 0 bridgehead atoms. The minimum Gasteiger partial charge on any atom is -0.291 e. The zero-order valence-electron chi connectivity index (χ0n) is 8.51. The van der Waals surface area contributed by atoms with E-state index in [-0.39, 0.29) is 11.0 Å². The summed E-state index contributed by atoms with van der Waals surface area (Å²) in [5.41, 5.74) is 2.38. The predicted octanol–water partition coefficient (Wildman–Crippen LogP) is 2.95. The van der Waals surface area contributed by atoms with Gasteiger partial charge in [0.25, 0.3) is 0 Å². The Hall–Kier alpha value is -0.0000000000000000555. The summed E-state index contributed by atoms with van der Waals surface area (Å²) in [5, 5.41) is 2.45. The fraction of sp³-hybridized carbons (Fsp3) is 0.600. The minimum atomic E-state index is 0.121. The number of thiazole rings is 1. The number of carbonyl (C=O) groups excluding carboxylic acids is 1. The largest absolute Gasteiger partial charge is 0.291 e. The number of carbonyl (C=O) groups is 1. The van der Waals surface area contributed by atoms with Crippen molar-refractivity contribution in [1.29, 1.82) is 0 Å². The molecule has 0 radical (unpaired) electrons. The first-order valence-corrected chi connectivity index (χ1v) is 8.02. The lowest BCUT2D eigenvalue weighted by molar-refractivity contribution is 0.0984. The van der Waals surface area contributed by atoms with Crippen molar-refractivity contribution in [2.45, 2.75) is 23.8 Å². The molecule has 2 unspecified atom stereocenters. The van der Waals surface area contributed by atoms with Crippen LogP contribution in [0.1, 0.15) is 23.8 Å². The monoisotopic (exact) mass is 259 g/mol. The number of rotatable bonds is 3. The van der Waals surface area contributed by atoms with Crippen molar-refractivity contribution in [3.63, 3.8) is 0 Å². The van der Waals surface area contributed by atoms with Gasteiger partial charge >= 0.3 is 0 Å². The van der Waals surface area contributed by atoms with Crippen LogP contribution in [0, 0.1) is 0 Å². The van der Waals surface area contributed by atoms with Crippen LogP contribution in [0.3, 0.4) is 0 Å². The van der Waals surface area contributed by atoms with E-state index < -0.39 is 0 Å². The van der Waals surface area contributed by atoms with Gasteiger partial charge < -0.3 is 0 Å². The molecule has 0 spiro atoms. The van der Waals surface area contributed by atoms with E-state index in [4.69, 9.17) is 0 Å². The summed E-state index contributed by atoms with van der Waals surface area (Å²) in [4.78, 5) is 16.2. The molecular formula is C10H13NOS3. The first kappa shape index (κ1) is 11.5. The minimum absolute atomic E-state index is 0.121. The number of nitrogens with zero attached hydrogens (tertiary/aromatic N) is 1. The highest BCUT2D eigenvalue weighted by atomic mass is 32.2. The van der Waals surface area contributed by atoms with Crippen LogP contribution in [0.15, 0.2) is 10.9 Å². The third-order valence-corrected chi connectivity index (χ3v) is 6.23. The van der Waals surface area contributed by atoms with E-state index in [0.29, 0.717) is 10.9 Å². The van der Waals surface area contributed by atoms with Gasteiger partial charge in [0.1, 0.15) is 5.69 Å². The highest BCUT2D eigenvalue weighted by Crippen LogP contribution is 2.35. The molecule has 2 nitrogen and oxygen atoms in total. The Morgan fingerprint density at radius 1 is 1.53 bits per heavy atom. The Morgan fingerprint density at radius 2 is 2.33 bits per heavy atom. The van der Waals surface area contributed by atoms with E-state index in [1.807, 2.05) is 17.1 Å². The molecule has 2 heterocycles. The molecule has 1 aromatic rings. The Balaban J connectivity index is 2.11. The number of thioether (sulfide) groups is 2. The molecule has 0 aromatic carbocycles. The van der Waals surface area contributed by atoms with Gasteiger partial charge in [0.15, 0.2) is 5.78 Å². The van der Waals surface area contributed by atoms with Gasteiger partial charge in [-0.15, -0.1) is 23.1 Å². The number of ketones is 1. The summed E-state index contributed by atoms with van der Waals surface area (Å²) < 4.78 is 0. The average Bonchev–Trinajstić information content (AvgIpc) is 2.81. The van der Waals surface area contributed by atoms with Gasteiger partial charge in [-0.25, -0.2) is 4.98 Å². The lowest BCUT2D eigenvalue weighted by atomic mass is 10.1. The van der Waals surface area contributed by atoms with E-state index in [9.17, 15) is 4.79 Å². The van der Waals surface area contributed by atoms with Crippen molar-refractivity contribution in [2.75, 3.05) is 11.5 Å². The second-order valence-corrected chi connectivity index (χ2v) is 6.66. The van der Waals surface area contributed by atoms with Crippen molar-refractivity contribution >= 4 is 40.6 Å². The predicted molar refractivity (Wildman–Crippen MR) is 69.2 cm³/mol. The number of hydrogen-bond donors (Lipinski definition) is 0. The van der Waals surface area contributed by atoms with Crippen LogP contribution in [-0.2, 0) is 0 Å². The lowest BCUT2D eigenvalue weighted by Gasteiger charge is -2.28. The van der Waals surface area contributed by atoms with E-state index in [1.54, 1.807) is 17.3 Å². The van der Waals surface area contributed by atoms with Gasteiger partial charge in [-0.3, -0.25) is 4.79 Å². The number of Topliss-reactive ketones (excluding diaryl/α,β-unsaturated/α-hetero) is 1. The van der Waals surface area contributed by atoms with Gasteiger partial charge in [-0.1, -0.05) is 6.92 Å². The molecule has 1 aliphatic heterocycles. The van der Waals surface area contributed by atoms with Crippen LogP contribution in [0.2, 0.25) is 0 Å². The standard InChI is InChI=1S/C10H13NOS3/c1-2-8-10(15-4-3-14-8)9(12)7-5-13-6-11-7/h5-6,8,10H,2-4H2,1H3. The van der Waals surface area contributed by atoms with E-state index in [2.05, 4.69) is 11.9 Å². The van der Waals surface area contributed by atoms with Crippen molar-refractivity contribution in [3.05, 3.63) is 16.6 Å². The third kappa shape index (κ3) is 2.57. The lowest BCUT2D eigenvalue weighted by Crippen LogP contribution is -2.32. The zero-order valence-corrected chi connectivity index (χ0v) is 11.0. The highest BCUT2D eigenvalue weighted by molar-refractivity contribution is 8.07. The Kier molecular flexibility index (Phi) is 4.11. The topological polar surface area (TPSA) is 30.0 Å². The molecule has 1 fully saturated rings. The Bertz CT molecular complexity index is 325. The molecule has 1 aromatic heterocycles. The summed E-state index contributed by atoms with van der Waals surface area (Å²) in [6.07, 6.45) is 1.07. The molecule has 0 N–H and O–H groups in total. The molecule has 2 rings (SSSR count).